The zero-order chi connectivity index (χ0) is 28.5. The molecule has 9 rings (SSSR count). The van der Waals surface area contributed by atoms with E-state index in [2.05, 4.69) is 143 Å². The molecule has 0 fully saturated rings. The first-order valence-corrected chi connectivity index (χ1v) is 15.4. The lowest BCUT2D eigenvalue weighted by Gasteiger charge is -2.16. The van der Waals surface area contributed by atoms with Gasteiger partial charge in [-0.2, -0.15) is 0 Å². The van der Waals surface area contributed by atoms with Crippen molar-refractivity contribution < 1.29 is 9.47 Å². The van der Waals surface area contributed by atoms with Gasteiger partial charge in [-0.15, -0.1) is 0 Å². The highest BCUT2D eigenvalue weighted by atomic mass is 79.9. The molecular formula is C40H25BrO2. The van der Waals surface area contributed by atoms with E-state index in [1.807, 2.05) is 0 Å². The van der Waals surface area contributed by atoms with Gasteiger partial charge in [-0.1, -0.05) is 101 Å². The lowest BCUT2D eigenvalue weighted by atomic mass is 9.94. The maximum absolute atomic E-state index is 6.48. The molecule has 204 valence electrons. The molecule has 43 heavy (non-hydrogen) atoms. The normalized spacial score (nSPS) is 12.0. The Morgan fingerprint density at radius 3 is 1.21 bits per heavy atom. The van der Waals surface area contributed by atoms with Crippen LogP contribution < -0.4 is 9.47 Å². The van der Waals surface area contributed by atoms with Crippen molar-refractivity contribution >= 4 is 80.6 Å². The first-order valence-electron chi connectivity index (χ1n) is 14.6. The molecule has 0 saturated carbocycles. The molecule has 0 unspecified atom stereocenters. The summed E-state index contributed by atoms with van der Waals surface area (Å²) in [6, 6.07) is 45.5. The maximum atomic E-state index is 6.48. The number of ether oxygens (including phenoxy) is 2. The first kappa shape index (κ1) is 24.7. The minimum Gasteiger partial charge on any atom is -0.488 e. The van der Waals surface area contributed by atoms with Crippen molar-refractivity contribution in [2.24, 2.45) is 0 Å². The Morgan fingerprint density at radius 1 is 0.395 bits per heavy atom. The second-order valence-electron chi connectivity index (χ2n) is 11.4. The number of hydrogen-bond donors (Lipinski definition) is 0. The summed E-state index contributed by atoms with van der Waals surface area (Å²) >= 11 is 3.72. The van der Waals surface area contributed by atoms with E-state index in [0.29, 0.717) is 13.2 Å². The van der Waals surface area contributed by atoms with Crippen LogP contribution in [0.1, 0.15) is 11.1 Å². The largest absolute Gasteiger partial charge is 0.488 e. The van der Waals surface area contributed by atoms with Crippen molar-refractivity contribution in [2.45, 2.75) is 13.2 Å². The molecule has 0 saturated heterocycles. The van der Waals surface area contributed by atoms with Gasteiger partial charge in [-0.25, -0.2) is 0 Å². The van der Waals surface area contributed by atoms with E-state index < -0.39 is 0 Å². The van der Waals surface area contributed by atoms with Crippen LogP contribution in [-0.4, -0.2) is 0 Å². The smallest absolute Gasteiger partial charge is 0.127 e. The van der Waals surface area contributed by atoms with E-state index in [1.54, 1.807) is 0 Å². The molecule has 0 heterocycles. The summed E-state index contributed by atoms with van der Waals surface area (Å²) in [4.78, 5) is 0. The minimum absolute atomic E-state index is 0.467. The van der Waals surface area contributed by atoms with Crippen LogP contribution >= 0.6 is 15.9 Å². The highest BCUT2D eigenvalue weighted by Gasteiger charge is 2.14. The fraction of sp³-hybridized carbons (Fsp3) is 0.0500. The van der Waals surface area contributed by atoms with Crippen molar-refractivity contribution in [3.63, 3.8) is 0 Å². The molecule has 0 aliphatic carbocycles. The van der Waals surface area contributed by atoms with Crippen LogP contribution in [0.3, 0.4) is 0 Å². The summed E-state index contributed by atoms with van der Waals surface area (Å²) in [6.45, 7) is 0.935. The third-order valence-electron chi connectivity index (χ3n) is 8.78. The maximum Gasteiger partial charge on any atom is 0.127 e. The van der Waals surface area contributed by atoms with Crippen molar-refractivity contribution in [3.8, 4) is 11.5 Å². The van der Waals surface area contributed by atoms with Crippen LogP contribution in [0.2, 0.25) is 0 Å². The lowest BCUT2D eigenvalue weighted by molar-refractivity contribution is 0.303. The Bertz CT molecular complexity index is 2280. The van der Waals surface area contributed by atoms with Crippen molar-refractivity contribution in [1.29, 1.82) is 0 Å². The Balaban J connectivity index is 1.01. The SMILES string of the molecule is Brc1cc(COc2ccc3ccc4cccc5ccc2c3c45)cc(COc2ccc3ccc4cccc5ccc2c3c45)c1. The standard InChI is InChI=1S/C40H25BrO2/c41-32-20-24(22-42-35-17-13-30-9-7-26-3-1-5-28-11-15-33(35)39(30)37(26)28)19-25(21-32)23-43-36-18-14-31-10-8-27-4-2-6-29-12-16-34(36)40(31)38(27)29/h1-21H,22-23H2. The fourth-order valence-corrected chi connectivity index (χ4v) is 7.46. The monoisotopic (exact) mass is 616 g/mol. The van der Waals surface area contributed by atoms with Gasteiger partial charge in [0.1, 0.15) is 24.7 Å². The quantitative estimate of drug-likeness (QED) is 0.173. The van der Waals surface area contributed by atoms with Crippen LogP contribution in [0.5, 0.6) is 11.5 Å². The number of rotatable bonds is 6. The molecular weight excluding hydrogens is 592 g/mol. The van der Waals surface area contributed by atoms with Crippen LogP contribution in [0, 0.1) is 0 Å². The van der Waals surface area contributed by atoms with Crippen molar-refractivity contribution in [1.82, 2.24) is 0 Å². The molecule has 0 aromatic heterocycles. The van der Waals surface area contributed by atoms with Gasteiger partial charge in [-0.05, 0) is 96.7 Å². The number of benzene rings is 9. The zero-order valence-corrected chi connectivity index (χ0v) is 24.8. The van der Waals surface area contributed by atoms with Gasteiger partial charge in [-0.3, -0.25) is 0 Å². The Hall–Kier alpha value is -4.86. The van der Waals surface area contributed by atoms with Gasteiger partial charge in [0, 0.05) is 26.0 Å². The molecule has 0 aliphatic rings. The molecule has 2 nitrogen and oxygen atoms in total. The molecule has 9 aromatic rings. The summed E-state index contributed by atoms with van der Waals surface area (Å²) in [6.07, 6.45) is 0. The van der Waals surface area contributed by atoms with Crippen molar-refractivity contribution in [2.75, 3.05) is 0 Å². The summed E-state index contributed by atoms with van der Waals surface area (Å²) in [7, 11) is 0. The first-order chi connectivity index (χ1) is 21.2. The average Bonchev–Trinajstić information content (AvgIpc) is 3.04. The van der Waals surface area contributed by atoms with Gasteiger partial charge in [0.05, 0.1) is 0 Å². The summed E-state index contributed by atoms with van der Waals surface area (Å²) in [5, 5.41) is 14.9. The second kappa shape index (κ2) is 9.58. The molecule has 0 aliphatic heterocycles. The van der Waals surface area contributed by atoms with E-state index in [9.17, 15) is 0 Å². The Labute approximate surface area is 256 Å². The van der Waals surface area contributed by atoms with Gasteiger partial charge in [0.25, 0.3) is 0 Å². The van der Waals surface area contributed by atoms with Gasteiger partial charge in [0.2, 0.25) is 0 Å². The van der Waals surface area contributed by atoms with E-state index in [0.717, 1.165) is 37.9 Å². The third-order valence-corrected chi connectivity index (χ3v) is 9.24. The van der Waals surface area contributed by atoms with E-state index in [-0.39, 0.29) is 0 Å². The van der Waals surface area contributed by atoms with Crippen LogP contribution in [0.4, 0.5) is 0 Å². The summed E-state index contributed by atoms with van der Waals surface area (Å²) in [5.41, 5.74) is 2.18. The van der Waals surface area contributed by atoms with Gasteiger partial charge >= 0.3 is 0 Å². The van der Waals surface area contributed by atoms with Crippen LogP contribution in [0.15, 0.2) is 132 Å². The summed E-state index contributed by atoms with van der Waals surface area (Å²) < 4.78 is 14.0. The number of hydrogen-bond acceptors (Lipinski definition) is 2. The fourth-order valence-electron chi connectivity index (χ4n) is 6.88. The summed E-state index contributed by atoms with van der Waals surface area (Å²) in [5.74, 6) is 1.80. The molecule has 0 bridgehead atoms. The predicted octanol–water partition coefficient (Wildman–Crippen LogP) is 11.4. The molecule has 9 aromatic carbocycles. The van der Waals surface area contributed by atoms with Gasteiger partial charge < -0.3 is 9.47 Å². The molecule has 0 atom stereocenters. The van der Waals surface area contributed by atoms with Crippen LogP contribution in [-0.2, 0) is 13.2 Å². The topological polar surface area (TPSA) is 18.5 Å². The van der Waals surface area contributed by atoms with E-state index in [4.69, 9.17) is 9.47 Å². The predicted molar refractivity (Wildman–Crippen MR) is 183 cm³/mol. The van der Waals surface area contributed by atoms with E-state index >= 15 is 0 Å². The highest BCUT2D eigenvalue weighted by molar-refractivity contribution is 9.10. The van der Waals surface area contributed by atoms with Crippen molar-refractivity contribution in [3.05, 3.63) is 143 Å². The minimum atomic E-state index is 0.467. The molecule has 3 heteroatoms. The van der Waals surface area contributed by atoms with E-state index in [1.165, 1.54) is 53.9 Å². The lowest BCUT2D eigenvalue weighted by Crippen LogP contribution is -2.01. The van der Waals surface area contributed by atoms with Gasteiger partial charge in [0.15, 0.2) is 0 Å². The average molecular weight is 618 g/mol. The molecule has 0 radical (unpaired) electrons. The Morgan fingerprint density at radius 2 is 0.767 bits per heavy atom. The van der Waals surface area contributed by atoms with Crippen LogP contribution in [0.25, 0.3) is 64.6 Å². The molecule has 0 N–H and O–H groups in total. The third kappa shape index (κ3) is 4.00. The molecule has 0 spiro atoms. The molecule has 0 amide bonds. The zero-order valence-electron chi connectivity index (χ0n) is 23.2. The Kier molecular flexibility index (Phi) is 5.51. The second-order valence-corrected chi connectivity index (χ2v) is 12.3. The highest BCUT2D eigenvalue weighted by Crippen LogP contribution is 2.40. The number of halogens is 1.